The van der Waals surface area contributed by atoms with Gasteiger partial charge in [0.2, 0.25) is 5.91 Å². The number of aromatic nitrogens is 1. The van der Waals surface area contributed by atoms with Crippen molar-refractivity contribution in [3.8, 4) is 0 Å². The lowest BCUT2D eigenvalue weighted by Crippen LogP contribution is -2.33. The second-order valence-electron chi connectivity index (χ2n) is 3.99. The van der Waals surface area contributed by atoms with Crippen molar-refractivity contribution < 1.29 is 9.53 Å². The number of nitrogens with zero attached hydrogens (tertiary/aromatic N) is 1. The van der Waals surface area contributed by atoms with Crippen LogP contribution in [-0.4, -0.2) is 24.1 Å². The molecule has 88 valence electrons. The third kappa shape index (κ3) is 3.02. The predicted molar refractivity (Wildman–Crippen MR) is 62.2 cm³/mol. The molecule has 2 rings (SSSR count). The van der Waals surface area contributed by atoms with Gasteiger partial charge in [0.1, 0.15) is 5.01 Å². The molecule has 16 heavy (non-hydrogen) atoms. The number of amides is 1. The zero-order chi connectivity index (χ0) is 11.4. The van der Waals surface area contributed by atoms with E-state index in [4.69, 9.17) is 4.74 Å². The molecule has 1 saturated heterocycles. The standard InChI is InChI=1S/C11H16N2O2S/c1-8-7-16-10(13-8)6-12-11(14)9-2-4-15-5-3-9/h7,9H,2-6H2,1H3,(H,12,14). The van der Waals surface area contributed by atoms with E-state index in [0.717, 1.165) is 23.5 Å². The van der Waals surface area contributed by atoms with Gasteiger partial charge in [0.05, 0.1) is 6.54 Å². The fourth-order valence-corrected chi connectivity index (χ4v) is 2.46. The highest BCUT2D eigenvalue weighted by Crippen LogP contribution is 2.15. The van der Waals surface area contributed by atoms with Crippen molar-refractivity contribution in [3.05, 3.63) is 16.1 Å². The third-order valence-electron chi connectivity index (χ3n) is 2.67. The molecule has 1 amide bonds. The summed E-state index contributed by atoms with van der Waals surface area (Å²) in [6, 6.07) is 0. The van der Waals surface area contributed by atoms with E-state index in [1.165, 1.54) is 0 Å². The molecule has 0 unspecified atom stereocenters. The molecule has 1 aromatic rings. The fraction of sp³-hybridized carbons (Fsp3) is 0.636. The molecule has 5 heteroatoms. The van der Waals surface area contributed by atoms with Crippen molar-refractivity contribution in [2.24, 2.45) is 5.92 Å². The van der Waals surface area contributed by atoms with E-state index in [9.17, 15) is 4.79 Å². The van der Waals surface area contributed by atoms with E-state index < -0.39 is 0 Å². The van der Waals surface area contributed by atoms with Crippen LogP contribution in [0.3, 0.4) is 0 Å². The number of ether oxygens (including phenoxy) is 1. The smallest absolute Gasteiger partial charge is 0.223 e. The van der Waals surface area contributed by atoms with Gasteiger partial charge in [-0.3, -0.25) is 4.79 Å². The average molecular weight is 240 g/mol. The van der Waals surface area contributed by atoms with E-state index >= 15 is 0 Å². The minimum atomic E-state index is 0.120. The van der Waals surface area contributed by atoms with Crippen LogP contribution in [0.1, 0.15) is 23.5 Å². The minimum Gasteiger partial charge on any atom is -0.381 e. The van der Waals surface area contributed by atoms with Crippen LogP contribution >= 0.6 is 11.3 Å². The maximum Gasteiger partial charge on any atom is 0.223 e. The van der Waals surface area contributed by atoms with Gasteiger partial charge in [-0.2, -0.15) is 0 Å². The third-order valence-corrected chi connectivity index (χ3v) is 3.64. The van der Waals surface area contributed by atoms with Gasteiger partial charge >= 0.3 is 0 Å². The molecule has 0 bridgehead atoms. The summed E-state index contributed by atoms with van der Waals surface area (Å²) in [4.78, 5) is 16.1. The normalized spacial score (nSPS) is 17.3. The molecule has 0 spiro atoms. The fourth-order valence-electron chi connectivity index (χ4n) is 1.75. The lowest BCUT2D eigenvalue weighted by Gasteiger charge is -2.20. The van der Waals surface area contributed by atoms with Crippen molar-refractivity contribution in [3.63, 3.8) is 0 Å². The first-order valence-corrected chi connectivity index (χ1v) is 6.40. The molecule has 0 atom stereocenters. The maximum absolute atomic E-state index is 11.8. The lowest BCUT2D eigenvalue weighted by atomic mass is 9.99. The molecule has 2 heterocycles. The number of carbonyl (C=O) groups is 1. The van der Waals surface area contributed by atoms with E-state index in [1.807, 2.05) is 12.3 Å². The average Bonchev–Trinajstić information content (AvgIpc) is 2.73. The molecule has 0 aliphatic carbocycles. The van der Waals surface area contributed by atoms with Crippen molar-refractivity contribution in [2.75, 3.05) is 13.2 Å². The van der Waals surface area contributed by atoms with Crippen LogP contribution in [0.5, 0.6) is 0 Å². The zero-order valence-corrected chi connectivity index (χ0v) is 10.2. The summed E-state index contributed by atoms with van der Waals surface area (Å²) in [7, 11) is 0. The molecule has 1 aliphatic rings. The Hall–Kier alpha value is -0.940. The first-order chi connectivity index (χ1) is 7.75. The highest BCUT2D eigenvalue weighted by molar-refractivity contribution is 7.09. The number of nitrogens with one attached hydrogen (secondary N) is 1. The number of thiazole rings is 1. The van der Waals surface area contributed by atoms with Crippen molar-refractivity contribution in [1.29, 1.82) is 0 Å². The van der Waals surface area contributed by atoms with Gasteiger partial charge in [-0.25, -0.2) is 4.98 Å². The second-order valence-corrected chi connectivity index (χ2v) is 4.93. The van der Waals surface area contributed by atoms with E-state index in [0.29, 0.717) is 19.8 Å². The molecule has 1 aliphatic heterocycles. The highest BCUT2D eigenvalue weighted by atomic mass is 32.1. The molecule has 0 radical (unpaired) electrons. The first kappa shape index (κ1) is 11.5. The van der Waals surface area contributed by atoms with Crippen molar-refractivity contribution in [2.45, 2.75) is 26.3 Å². The van der Waals surface area contributed by atoms with E-state index in [2.05, 4.69) is 10.3 Å². The number of hydrogen-bond acceptors (Lipinski definition) is 4. The molecule has 4 nitrogen and oxygen atoms in total. The van der Waals surface area contributed by atoms with Gasteiger partial charge in [-0.05, 0) is 19.8 Å². The van der Waals surface area contributed by atoms with Crippen LogP contribution < -0.4 is 5.32 Å². The minimum absolute atomic E-state index is 0.120. The van der Waals surface area contributed by atoms with Crippen molar-refractivity contribution in [1.82, 2.24) is 10.3 Å². The Morgan fingerprint density at radius 2 is 2.38 bits per heavy atom. The Morgan fingerprint density at radius 3 is 3.00 bits per heavy atom. The number of carbonyl (C=O) groups excluding carboxylic acids is 1. The Kier molecular flexibility index (Phi) is 3.90. The predicted octanol–water partition coefficient (Wildman–Crippen LogP) is 1.49. The van der Waals surface area contributed by atoms with Crippen LogP contribution in [0.2, 0.25) is 0 Å². The molecular weight excluding hydrogens is 224 g/mol. The molecular formula is C11H16N2O2S. The van der Waals surface area contributed by atoms with Gasteiger partial charge < -0.3 is 10.1 Å². The van der Waals surface area contributed by atoms with Crippen LogP contribution in [0.15, 0.2) is 5.38 Å². The Bertz CT molecular complexity index is 359. The van der Waals surface area contributed by atoms with Gasteiger partial charge in [-0.1, -0.05) is 0 Å². The molecule has 0 aromatic carbocycles. The number of rotatable bonds is 3. The van der Waals surface area contributed by atoms with E-state index in [-0.39, 0.29) is 11.8 Å². The Labute approximate surface area is 99.0 Å². The second kappa shape index (κ2) is 5.41. The summed E-state index contributed by atoms with van der Waals surface area (Å²) in [5.41, 5.74) is 1.01. The first-order valence-electron chi connectivity index (χ1n) is 5.52. The van der Waals surface area contributed by atoms with Gasteiger partial charge in [0.25, 0.3) is 0 Å². The van der Waals surface area contributed by atoms with Gasteiger partial charge in [-0.15, -0.1) is 11.3 Å². The largest absolute Gasteiger partial charge is 0.381 e. The number of aryl methyl sites for hydroxylation is 1. The van der Waals surface area contributed by atoms with Crippen molar-refractivity contribution >= 4 is 17.2 Å². The molecule has 0 saturated carbocycles. The summed E-state index contributed by atoms with van der Waals surface area (Å²) in [6.45, 7) is 3.91. The molecule has 1 N–H and O–H groups in total. The van der Waals surface area contributed by atoms with Gasteiger partial charge in [0.15, 0.2) is 0 Å². The molecule has 1 fully saturated rings. The Balaban J connectivity index is 1.78. The SMILES string of the molecule is Cc1csc(CNC(=O)C2CCOCC2)n1. The number of hydrogen-bond donors (Lipinski definition) is 1. The highest BCUT2D eigenvalue weighted by Gasteiger charge is 2.21. The van der Waals surface area contributed by atoms with Crippen LogP contribution in [0, 0.1) is 12.8 Å². The summed E-state index contributed by atoms with van der Waals surface area (Å²) in [6.07, 6.45) is 1.67. The van der Waals surface area contributed by atoms with Crippen LogP contribution in [0.25, 0.3) is 0 Å². The quantitative estimate of drug-likeness (QED) is 0.871. The van der Waals surface area contributed by atoms with E-state index in [1.54, 1.807) is 11.3 Å². The molecule has 1 aromatic heterocycles. The maximum atomic E-state index is 11.8. The summed E-state index contributed by atoms with van der Waals surface area (Å²) in [5, 5.41) is 5.90. The summed E-state index contributed by atoms with van der Waals surface area (Å²) < 4.78 is 5.23. The van der Waals surface area contributed by atoms with Crippen LogP contribution in [0.4, 0.5) is 0 Å². The van der Waals surface area contributed by atoms with Gasteiger partial charge in [0, 0.05) is 30.2 Å². The Morgan fingerprint density at radius 1 is 1.62 bits per heavy atom. The summed E-state index contributed by atoms with van der Waals surface area (Å²) in [5.74, 6) is 0.256. The summed E-state index contributed by atoms with van der Waals surface area (Å²) >= 11 is 1.59. The topological polar surface area (TPSA) is 51.2 Å². The zero-order valence-electron chi connectivity index (χ0n) is 9.36. The lowest BCUT2D eigenvalue weighted by molar-refractivity contribution is -0.128. The monoisotopic (exact) mass is 240 g/mol. The van der Waals surface area contributed by atoms with Crippen LogP contribution in [-0.2, 0) is 16.1 Å².